The molecule has 1 aromatic heterocycles. The van der Waals surface area contributed by atoms with E-state index in [0.717, 1.165) is 17.8 Å². The van der Waals surface area contributed by atoms with Crippen molar-refractivity contribution in [3.8, 4) is 0 Å². The van der Waals surface area contributed by atoms with E-state index in [1.54, 1.807) is 12.3 Å². The molecule has 0 bridgehead atoms. The minimum absolute atomic E-state index is 0.0442. The monoisotopic (exact) mass is 381 g/mol. The molecule has 1 N–H and O–H groups in total. The van der Waals surface area contributed by atoms with Crippen molar-refractivity contribution in [2.75, 3.05) is 0 Å². The number of thiazole rings is 1. The van der Waals surface area contributed by atoms with Gasteiger partial charge in [0, 0.05) is 23.2 Å². The molecule has 22 heavy (non-hydrogen) atoms. The molecule has 118 valence electrons. The summed E-state index contributed by atoms with van der Waals surface area (Å²) in [6.07, 6.45) is 0. The number of rotatable bonds is 5. The van der Waals surface area contributed by atoms with Gasteiger partial charge in [-0.15, -0.1) is 11.3 Å². The molecule has 0 spiro atoms. The minimum Gasteiger partial charge on any atom is -0.258 e. The van der Waals surface area contributed by atoms with Crippen LogP contribution < -0.4 is 4.72 Å². The van der Waals surface area contributed by atoms with Gasteiger partial charge >= 0.3 is 0 Å². The van der Waals surface area contributed by atoms with Gasteiger partial charge in [0.05, 0.1) is 21.5 Å². The predicted molar refractivity (Wildman–Crippen MR) is 84.0 cm³/mol. The average molecular weight is 382 g/mol. The normalized spacial score (nSPS) is 11.6. The summed E-state index contributed by atoms with van der Waals surface area (Å²) >= 11 is 12.9. The number of benzene rings is 1. The lowest BCUT2D eigenvalue weighted by atomic mass is 10.3. The summed E-state index contributed by atoms with van der Waals surface area (Å²) < 4.78 is 26.8. The first kappa shape index (κ1) is 17.1. The maximum absolute atomic E-state index is 12.3. The fourth-order valence-electron chi connectivity index (χ4n) is 1.57. The number of hydrogen-bond acceptors (Lipinski definition) is 6. The standard InChI is InChI=1S/C11H9Cl2N3O4S2/c1-6-5-21-10(15-6)4-14-22(19,20)9-3-7(16(17)18)2-8(12)11(9)13/h2-3,5,14H,4H2,1H3. The highest BCUT2D eigenvalue weighted by molar-refractivity contribution is 7.89. The molecule has 1 aromatic carbocycles. The molecule has 0 aliphatic heterocycles. The summed E-state index contributed by atoms with van der Waals surface area (Å²) in [6, 6.07) is 1.86. The van der Waals surface area contributed by atoms with Gasteiger partial charge in [-0.05, 0) is 6.92 Å². The van der Waals surface area contributed by atoms with E-state index in [4.69, 9.17) is 23.2 Å². The Morgan fingerprint density at radius 1 is 1.41 bits per heavy atom. The van der Waals surface area contributed by atoms with Crippen LogP contribution in [0.3, 0.4) is 0 Å². The van der Waals surface area contributed by atoms with Crippen LogP contribution in [0.25, 0.3) is 0 Å². The second kappa shape index (κ2) is 6.47. The van der Waals surface area contributed by atoms with E-state index in [0.29, 0.717) is 5.01 Å². The zero-order chi connectivity index (χ0) is 16.5. The van der Waals surface area contributed by atoms with Crippen molar-refractivity contribution in [3.63, 3.8) is 0 Å². The minimum atomic E-state index is -4.06. The van der Waals surface area contributed by atoms with Crippen LogP contribution >= 0.6 is 34.5 Å². The van der Waals surface area contributed by atoms with Crippen LogP contribution in [0.2, 0.25) is 10.0 Å². The molecule has 0 radical (unpaired) electrons. The van der Waals surface area contributed by atoms with Gasteiger partial charge in [-0.2, -0.15) is 0 Å². The summed E-state index contributed by atoms with van der Waals surface area (Å²) in [4.78, 5) is 13.7. The third-order valence-corrected chi connectivity index (χ3v) is 5.87. The number of nitro groups is 1. The van der Waals surface area contributed by atoms with Crippen molar-refractivity contribution in [2.45, 2.75) is 18.4 Å². The highest BCUT2D eigenvalue weighted by atomic mass is 35.5. The molecule has 2 rings (SSSR count). The maximum Gasteiger partial charge on any atom is 0.272 e. The topological polar surface area (TPSA) is 102 Å². The Balaban J connectivity index is 2.34. The summed E-state index contributed by atoms with van der Waals surface area (Å²) in [5.41, 5.74) is 0.315. The first-order chi connectivity index (χ1) is 10.2. The van der Waals surface area contributed by atoms with Crippen LogP contribution in [-0.2, 0) is 16.6 Å². The van der Waals surface area contributed by atoms with Crippen molar-refractivity contribution in [1.82, 2.24) is 9.71 Å². The summed E-state index contributed by atoms with van der Waals surface area (Å²) in [5, 5.41) is 12.7. The second-order valence-electron chi connectivity index (χ2n) is 4.20. The number of sulfonamides is 1. The molecule has 7 nitrogen and oxygen atoms in total. The van der Waals surface area contributed by atoms with E-state index in [2.05, 4.69) is 9.71 Å². The Labute approximate surface area is 140 Å². The lowest BCUT2D eigenvalue weighted by Crippen LogP contribution is -2.23. The molecule has 0 aliphatic carbocycles. The van der Waals surface area contributed by atoms with Crippen molar-refractivity contribution in [2.24, 2.45) is 0 Å². The summed E-state index contributed by atoms with van der Waals surface area (Å²) in [6.45, 7) is 1.74. The van der Waals surface area contributed by atoms with Crippen molar-refractivity contribution in [3.05, 3.63) is 48.4 Å². The largest absolute Gasteiger partial charge is 0.272 e. The fraction of sp³-hybridized carbons (Fsp3) is 0.182. The molecule has 0 unspecified atom stereocenters. The van der Waals surface area contributed by atoms with E-state index >= 15 is 0 Å². The molecule has 0 aliphatic rings. The van der Waals surface area contributed by atoms with Crippen LogP contribution in [0, 0.1) is 17.0 Å². The highest BCUT2D eigenvalue weighted by Crippen LogP contribution is 2.33. The van der Waals surface area contributed by atoms with Crippen LogP contribution in [0.15, 0.2) is 22.4 Å². The van der Waals surface area contributed by atoms with E-state index in [-0.39, 0.29) is 16.6 Å². The lowest BCUT2D eigenvalue weighted by Gasteiger charge is -2.08. The molecule has 0 fully saturated rings. The van der Waals surface area contributed by atoms with Crippen LogP contribution in [-0.4, -0.2) is 18.3 Å². The van der Waals surface area contributed by atoms with E-state index in [1.165, 1.54) is 11.3 Å². The number of aromatic nitrogens is 1. The van der Waals surface area contributed by atoms with E-state index in [1.807, 2.05) is 0 Å². The fourth-order valence-corrected chi connectivity index (χ4v) is 4.16. The Bertz CT molecular complexity index is 836. The van der Waals surface area contributed by atoms with Gasteiger partial charge < -0.3 is 0 Å². The zero-order valence-corrected chi connectivity index (χ0v) is 14.2. The molecule has 0 amide bonds. The lowest BCUT2D eigenvalue weighted by molar-refractivity contribution is -0.385. The average Bonchev–Trinajstić information content (AvgIpc) is 2.85. The first-order valence-electron chi connectivity index (χ1n) is 5.75. The first-order valence-corrected chi connectivity index (χ1v) is 8.86. The smallest absolute Gasteiger partial charge is 0.258 e. The van der Waals surface area contributed by atoms with Gasteiger partial charge in [0.25, 0.3) is 5.69 Å². The number of nitrogens with one attached hydrogen (secondary N) is 1. The van der Waals surface area contributed by atoms with Crippen molar-refractivity contribution < 1.29 is 13.3 Å². The molecule has 2 aromatic rings. The maximum atomic E-state index is 12.3. The molecule has 1 heterocycles. The number of non-ortho nitro benzene ring substituents is 1. The highest BCUT2D eigenvalue weighted by Gasteiger charge is 2.24. The Morgan fingerprint density at radius 2 is 2.09 bits per heavy atom. The number of hydrogen-bond donors (Lipinski definition) is 1. The van der Waals surface area contributed by atoms with Gasteiger partial charge in [0.1, 0.15) is 9.90 Å². The molecule has 0 saturated heterocycles. The van der Waals surface area contributed by atoms with E-state index < -0.39 is 25.5 Å². The third kappa shape index (κ3) is 3.73. The predicted octanol–water partition coefficient (Wildman–Crippen LogP) is 3.15. The SMILES string of the molecule is Cc1csc(CNS(=O)(=O)c2cc([N+](=O)[O-])cc(Cl)c2Cl)n1. The summed E-state index contributed by atoms with van der Waals surface area (Å²) in [7, 11) is -4.06. The van der Waals surface area contributed by atoms with Gasteiger partial charge in [-0.25, -0.2) is 18.1 Å². The molecule has 11 heteroatoms. The number of halogens is 2. The molecule has 0 atom stereocenters. The second-order valence-corrected chi connectivity index (χ2v) is 7.67. The van der Waals surface area contributed by atoms with Gasteiger partial charge in [-0.3, -0.25) is 10.1 Å². The van der Waals surface area contributed by atoms with Gasteiger partial charge in [0.15, 0.2) is 0 Å². The Kier molecular flexibility index (Phi) is 5.03. The van der Waals surface area contributed by atoms with Gasteiger partial charge in [0.2, 0.25) is 10.0 Å². The third-order valence-electron chi connectivity index (χ3n) is 2.56. The molecular weight excluding hydrogens is 373 g/mol. The Hall–Kier alpha value is -1.26. The van der Waals surface area contributed by atoms with Crippen LogP contribution in [0.1, 0.15) is 10.7 Å². The number of nitrogens with zero attached hydrogens (tertiary/aromatic N) is 2. The zero-order valence-electron chi connectivity index (χ0n) is 11.0. The number of aryl methyl sites for hydroxylation is 1. The Morgan fingerprint density at radius 3 is 2.64 bits per heavy atom. The van der Waals surface area contributed by atoms with Crippen LogP contribution in [0.5, 0.6) is 0 Å². The van der Waals surface area contributed by atoms with Crippen molar-refractivity contribution >= 4 is 50.2 Å². The van der Waals surface area contributed by atoms with Gasteiger partial charge in [-0.1, -0.05) is 23.2 Å². The quantitative estimate of drug-likeness (QED) is 0.632. The molecule has 0 saturated carbocycles. The van der Waals surface area contributed by atoms with Crippen LogP contribution in [0.4, 0.5) is 5.69 Å². The number of nitro benzene ring substituents is 1. The van der Waals surface area contributed by atoms with E-state index in [9.17, 15) is 18.5 Å². The molecular formula is C11H9Cl2N3O4S2. The summed E-state index contributed by atoms with van der Waals surface area (Å²) in [5.74, 6) is 0. The van der Waals surface area contributed by atoms with Crippen molar-refractivity contribution in [1.29, 1.82) is 0 Å².